The van der Waals surface area contributed by atoms with Gasteiger partial charge in [0.2, 0.25) is 0 Å². The van der Waals surface area contributed by atoms with Crippen LogP contribution in [0.3, 0.4) is 0 Å². The Bertz CT molecular complexity index is 562. The van der Waals surface area contributed by atoms with Crippen molar-refractivity contribution in [2.45, 2.75) is 40.2 Å². The van der Waals surface area contributed by atoms with E-state index >= 15 is 0 Å². The third kappa shape index (κ3) is 4.67. The number of carbonyl (C=O) groups excluding carboxylic acids is 1. The van der Waals surface area contributed by atoms with Crippen molar-refractivity contribution in [1.82, 2.24) is 15.2 Å². The van der Waals surface area contributed by atoms with Crippen LogP contribution in [0.1, 0.15) is 35.3 Å². The number of nitrogens with zero attached hydrogens (tertiary/aromatic N) is 3. The van der Waals surface area contributed by atoms with Crippen LogP contribution in [0.4, 0.5) is 0 Å². The number of rotatable bonds is 4. The van der Waals surface area contributed by atoms with Crippen molar-refractivity contribution in [1.29, 1.82) is 0 Å². The molecule has 0 aromatic carbocycles. The van der Waals surface area contributed by atoms with Crippen LogP contribution < -0.4 is 5.32 Å². The van der Waals surface area contributed by atoms with E-state index in [2.05, 4.69) is 20.2 Å². The van der Waals surface area contributed by atoms with E-state index in [1.807, 2.05) is 20.8 Å². The van der Waals surface area contributed by atoms with Crippen LogP contribution in [0.5, 0.6) is 0 Å². The molecule has 23 heavy (non-hydrogen) atoms. The first-order valence-corrected chi connectivity index (χ1v) is 8.92. The summed E-state index contributed by atoms with van der Waals surface area (Å²) in [5.74, 6) is 0.847. The molecule has 0 aliphatic carbocycles. The van der Waals surface area contributed by atoms with E-state index in [1.54, 1.807) is 18.4 Å². The van der Waals surface area contributed by atoms with Gasteiger partial charge in [-0.05, 0) is 33.6 Å². The van der Waals surface area contributed by atoms with Gasteiger partial charge in [-0.25, -0.2) is 4.98 Å². The summed E-state index contributed by atoms with van der Waals surface area (Å²) in [5.41, 5.74) is 1.08. The molecule has 1 aliphatic rings. The maximum Gasteiger partial charge on any atom is 0.309 e. The number of guanidine groups is 1. The molecule has 7 heteroatoms. The minimum absolute atomic E-state index is 0.0238. The first-order valence-electron chi connectivity index (χ1n) is 8.10. The van der Waals surface area contributed by atoms with E-state index in [0.717, 1.165) is 49.1 Å². The number of likely N-dealkylation sites (tertiary alicyclic amines) is 1. The summed E-state index contributed by atoms with van der Waals surface area (Å²) in [6.45, 7) is 8.75. The fourth-order valence-electron chi connectivity index (χ4n) is 2.82. The van der Waals surface area contributed by atoms with E-state index in [9.17, 15) is 4.79 Å². The highest BCUT2D eigenvalue weighted by Gasteiger charge is 2.27. The van der Waals surface area contributed by atoms with Gasteiger partial charge in [-0.3, -0.25) is 9.79 Å². The highest BCUT2D eigenvalue weighted by molar-refractivity contribution is 7.11. The Morgan fingerprint density at radius 1 is 1.43 bits per heavy atom. The zero-order chi connectivity index (χ0) is 16.8. The second-order valence-corrected chi connectivity index (χ2v) is 6.94. The lowest BCUT2D eigenvalue weighted by Gasteiger charge is -2.33. The molecular weight excluding hydrogens is 312 g/mol. The van der Waals surface area contributed by atoms with Gasteiger partial charge in [0.1, 0.15) is 0 Å². The molecule has 0 spiro atoms. The second-order valence-electron chi connectivity index (χ2n) is 5.66. The van der Waals surface area contributed by atoms with Crippen LogP contribution >= 0.6 is 11.3 Å². The first-order chi connectivity index (χ1) is 11.0. The van der Waals surface area contributed by atoms with Crippen molar-refractivity contribution in [3.8, 4) is 0 Å². The molecule has 0 radical (unpaired) electrons. The normalized spacial score (nSPS) is 16.5. The molecule has 0 saturated carbocycles. The number of esters is 1. The minimum Gasteiger partial charge on any atom is -0.466 e. The summed E-state index contributed by atoms with van der Waals surface area (Å²) < 4.78 is 5.12. The maximum absolute atomic E-state index is 11.8. The molecule has 1 aromatic rings. The Kier molecular flexibility index (Phi) is 6.38. The number of hydrogen-bond acceptors (Lipinski definition) is 5. The van der Waals surface area contributed by atoms with E-state index in [0.29, 0.717) is 6.61 Å². The molecule has 1 saturated heterocycles. The van der Waals surface area contributed by atoms with Gasteiger partial charge in [0.05, 0.1) is 29.8 Å². The van der Waals surface area contributed by atoms with Crippen molar-refractivity contribution in [3.63, 3.8) is 0 Å². The van der Waals surface area contributed by atoms with Gasteiger partial charge in [-0.15, -0.1) is 11.3 Å². The van der Waals surface area contributed by atoms with Gasteiger partial charge in [-0.1, -0.05) is 0 Å². The van der Waals surface area contributed by atoms with Crippen LogP contribution in [-0.2, 0) is 16.1 Å². The lowest BCUT2D eigenvalue weighted by molar-refractivity contribution is -0.149. The quantitative estimate of drug-likeness (QED) is 0.517. The third-order valence-corrected chi connectivity index (χ3v) is 5.11. The molecule has 128 valence electrons. The van der Waals surface area contributed by atoms with Gasteiger partial charge in [0.15, 0.2) is 5.96 Å². The fraction of sp³-hybridized carbons (Fsp3) is 0.688. The lowest BCUT2D eigenvalue weighted by atomic mass is 9.97. The van der Waals surface area contributed by atoms with Crippen molar-refractivity contribution in [2.75, 3.05) is 26.7 Å². The average molecular weight is 338 g/mol. The molecule has 1 aromatic heterocycles. The van der Waals surface area contributed by atoms with Crippen molar-refractivity contribution in [3.05, 3.63) is 15.6 Å². The molecule has 6 nitrogen and oxygen atoms in total. The van der Waals surface area contributed by atoms with Crippen molar-refractivity contribution in [2.24, 2.45) is 10.9 Å². The van der Waals surface area contributed by atoms with Gasteiger partial charge < -0.3 is 15.0 Å². The molecule has 0 bridgehead atoms. The maximum atomic E-state index is 11.8. The first kappa shape index (κ1) is 17.7. The topological polar surface area (TPSA) is 66.8 Å². The van der Waals surface area contributed by atoms with Crippen LogP contribution in [0.25, 0.3) is 0 Å². The van der Waals surface area contributed by atoms with Crippen LogP contribution in [0.15, 0.2) is 4.99 Å². The van der Waals surface area contributed by atoms with Crippen LogP contribution in [-0.4, -0.2) is 48.6 Å². The monoisotopic (exact) mass is 338 g/mol. The minimum atomic E-state index is -0.0640. The molecule has 1 aliphatic heterocycles. The molecule has 0 atom stereocenters. The van der Waals surface area contributed by atoms with E-state index < -0.39 is 0 Å². The van der Waals surface area contributed by atoms with E-state index in [-0.39, 0.29) is 11.9 Å². The largest absolute Gasteiger partial charge is 0.466 e. The van der Waals surface area contributed by atoms with Crippen molar-refractivity contribution >= 4 is 23.3 Å². The number of hydrogen-bond donors (Lipinski definition) is 1. The Balaban J connectivity index is 1.86. The summed E-state index contributed by atoms with van der Waals surface area (Å²) in [5, 5.41) is 4.50. The number of aryl methyl sites for hydroxylation is 2. The van der Waals surface area contributed by atoms with E-state index in [1.165, 1.54) is 4.88 Å². The van der Waals surface area contributed by atoms with Crippen molar-refractivity contribution < 1.29 is 9.53 Å². The molecule has 1 fully saturated rings. The standard InChI is InChI=1S/C16H26N4O2S/c1-5-22-15(21)13-6-8-20(9-7-13)16(17-4)18-10-14-11(2)19-12(3)23-14/h13H,5-10H2,1-4H3,(H,17,18). The van der Waals surface area contributed by atoms with Crippen LogP contribution in [0.2, 0.25) is 0 Å². The van der Waals surface area contributed by atoms with E-state index in [4.69, 9.17) is 4.74 Å². The molecule has 0 amide bonds. The zero-order valence-electron chi connectivity index (χ0n) is 14.4. The molecule has 1 N–H and O–H groups in total. The molecular formula is C16H26N4O2S. The number of ether oxygens (including phenoxy) is 1. The summed E-state index contributed by atoms with van der Waals surface area (Å²) in [6, 6.07) is 0. The number of aliphatic imine (C=N–C) groups is 1. The van der Waals surface area contributed by atoms with Gasteiger partial charge >= 0.3 is 5.97 Å². The van der Waals surface area contributed by atoms with Gasteiger partial charge in [0.25, 0.3) is 0 Å². The number of nitrogens with one attached hydrogen (secondary N) is 1. The SMILES string of the molecule is CCOC(=O)C1CCN(C(=NC)NCc2sc(C)nc2C)CC1. The summed E-state index contributed by atoms with van der Waals surface area (Å²) in [6.07, 6.45) is 1.64. The summed E-state index contributed by atoms with van der Waals surface area (Å²) >= 11 is 1.71. The fourth-order valence-corrected chi connectivity index (χ4v) is 3.69. The number of aromatic nitrogens is 1. The Labute approximate surface area is 142 Å². The molecule has 2 heterocycles. The lowest BCUT2D eigenvalue weighted by Crippen LogP contribution is -2.46. The zero-order valence-corrected chi connectivity index (χ0v) is 15.2. The van der Waals surface area contributed by atoms with Gasteiger partial charge in [0, 0.05) is 25.0 Å². The Morgan fingerprint density at radius 3 is 2.65 bits per heavy atom. The highest BCUT2D eigenvalue weighted by Crippen LogP contribution is 2.20. The number of piperidine rings is 1. The average Bonchev–Trinajstić information content (AvgIpc) is 2.86. The Hall–Kier alpha value is -1.63. The number of carbonyl (C=O) groups is 1. The second kappa shape index (κ2) is 8.29. The smallest absolute Gasteiger partial charge is 0.309 e. The summed E-state index contributed by atoms with van der Waals surface area (Å²) in [7, 11) is 1.80. The summed E-state index contributed by atoms with van der Waals surface area (Å²) in [4.78, 5) is 24.1. The number of thiazole rings is 1. The molecule has 0 unspecified atom stereocenters. The predicted octanol–water partition coefficient (Wildman–Crippen LogP) is 2.11. The molecule has 2 rings (SSSR count). The van der Waals surface area contributed by atoms with Crippen LogP contribution in [0, 0.1) is 19.8 Å². The van der Waals surface area contributed by atoms with Gasteiger partial charge in [-0.2, -0.15) is 0 Å². The predicted molar refractivity (Wildman–Crippen MR) is 92.7 cm³/mol. The Morgan fingerprint density at radius 2 is 2.13 bits per heavy atom. The highest BCUT2D eigenvalue weighted by atomic mass is 32.1. The third-order valence-electron chi connectivity index (χ3n) is 4.03.